The van der Waals surface area contributed by atoms with Crippen molar-refractivity contribution >= 4 is 17.7 Å². The highest BCUT2D eigenvalue weighted by Gasteiger charge is 2.21. The molecule has 0 spiro atoms. The standard InChI is InChI=1S/C14H14N6O2/c21-8-15-10-5-6-11(12(7-10)13-17-19-20-18-13)14(22)16-9-3-1-2-4-9/h5-7,9H,1-4H2,(H,16,22)(H,17,18,19,20). The van der Waals surface area contributed by atoms with Gasteiger partial charge < -0.3 is 5.32 Å². The summed E-state index contributed by atoms with van der Waals surface area (Å²) in [4.78, 5) is 26.4. The lowest BCUT2D eigenvalue weighted by molar-refractivity contribution is 0.0938. The van der Waals surface area contributed by atoms with Gasteiger partial charge in [0.1, 0.15) is 0 Å². The summed E-state index contributed by atoms with van der Waals surface area (Å²) >= 11 is 0. The van der Waals surface area contributed by atoms with Gasteiger partial charge in [-0.1, -0.05) is 12.8 Å². The number of tetrazole rings is 1. The van der Waals surface area contributed by atoms with Gasteiger partial charge in [-0.2, -0.15) is 10.2 Å². The third-order valence-electron chi connectivity index (χ3n) is 3.70. The molecule has 1 aliphatic rings. The second-order valence-corrected chi connectivity index (χ2v) is 5.12. The summed E-state index contributed by atoms with van der Waals surface area (Å²) in [7, 11) is 0. The largest absolute Gasteiger partial charge is 0.349 e. The number of hydrogen-bond acceptors (Lipinski definition) is 6. The molecular weight excluding hydrogens is 284 g/mol. The van der Waals surface area contributed by atoms with Crippen LogP contribution in [0.5, 0.6) is 0 Å². The van der Waals surface area contributed by atoms with Crippen LogP contribution in [-0.4, -0.2) is 38.7 Å². The smallest absolute Gasteiger partial charge is 0.252 e. The molecule has 0 atom stereocenters. The zero-order valence-electron chi connectivity index (χ0n) is 11.7. The monoisotopic (exact) mass is 298 g/mol. The molecule has 1 heterocycles. The zero-order chi connectivity index (χ0) is 15.4. The first-order valence-electron chi connectivity index (χ1n) is 7.04. The van der Waals surface area contributed by atoms with E-state index < -0.39 is 0 Å². The predicted octanol–water partition coefficient (Wildman–Crippen LogP) is 1.51. The first kappa shape index (κ1) is 14.1. The molecule has 0 aliphatic heterocycles. The molecule has 8 heteroatoms. The average Bonchev–Trinajstić information content (AvgIpc) is 3.21. The van der Waals surface area contributed by atoms with Gasteiger partial charge in [-0.25, -0.2) is 4.79 Å². The van der Waals surface area contributed by atoms with Crippen molar-refractivity contribution in [2.75, 3.05) is 0 Å². The number of rotatable bonds is 4. The van der Waals surface area contributed by atoms with Gasteiger partial charge in [-0.15, -0.1) is 10.2 Å². The molecule has 1 amide bonds. The van der Waals surface area contributed by atoms with Gasteiger partial charge in [0.25, 0.3) is 5.91 Å². The first-order valence-corrected chi connectivity index (χ1v) is 7.04. The van der Waals surface area contributed by atoms with Crippen molar-refractivity contribution in [3.63, 3.8) is 0 Å². The SMILES string of the molecule is O=C=Nc1ccc(C(=O)NC2CCCC2)c(-c2nn[nH]n2)c1. The molecule has 0 unspecified atom stereocenters. The maximum absolute atomic E-state index is 12.5. The zero-order valence-corrected chi connectivity index (χ0v) is 11.7. The molecule has 0 radical (unpaired) electrons. The minimum absolute atomic E-state index is 0.187. The maximum Gasteiger partial charge on any atom is 0.252 e. The Bertz CT molecular complexity index is 715. The Morgan fingerprint density at radius 3 is 2.86 bits per heavy atom. The Hall–Kier alpha value is -2.86. The van der Waals surface area contributed by atoms with E-state index >= 15 is 0 Å². The molecule has 1 aromatic heterocycles. The van der Waals surface area contributed by atoms with Crippen molar-refractivity contribution in [1.82, 2.24) is 25.9 Å². The van der Waals surface area contributed by atoms with Crippen LogP contribution in [0.4, 0.5) is 5.69 Å². The summed E-state index contributed by atoms with van der Waals surface area (Å²) in [6.07, 6.45) is 5.74. The molecule has 8 nitrogen and oxygen atoms in total. The van der Waals surface area contributed by atoms with Crippen molar-refractivity contribution in [3.8, 4) is 11.4 Å². The number of nitrogens with one attached hydrogen (secondary N) is 2. The molecule has 3 rings (SSSR count). The van der Waals surface area contributed by atoms with Gasteiger partial charge in [-0.3, -0.25) is 4.79 Å². The van der Waals surface area contributed by atoms with Crippen LogP contribution in [0.25, 0.3) is 11.4 Å². The summed E-state index contributed by atoms with van der Waals surface area (Å²) in [5, 5.41) is 16.7. The van der Waals surface area contributed by atoms with Crippen LogP contribution in [0.1, 0.15) is 36.0 Å². The third-order valence-corrected chi connectivity index (χ3v) is 3.70. The van der Waals surface area contributed by atoms with E-state index in [4.69, 9.17) is 0 Å². The number of carbonyl (C=O) groups excluding carboxylic acids is 2. The van der Waals surface area contributed by atoms with Gasteiger partial charge in [-0.05, 0) is 36.3 Å². The van der Waals surface area contributed by atoms with E-state index in [1.165, 1.54) is 6.08 Å². The van der Waals surface area contributed by atoms with E-state index in [2.05, 4.69) is 30.9 Å². The average molecular weight is 298 g/mol. The molecular formula is C14H14N6O2. The van der Waals surface area contributed by atoms with Crippen LogP contribution in [0.2, 0.25) is 0 Å². The van der Waals surface area contributed by atoms with E-state index in [0.717, 1.165) is 25.7 Å². The van der Waals surface area contributed by atoms with Crippen molar-refractivity contribution < 1.29 is 9.59 Å². The first-order chi connectivity index (χ1) is 10.8. The highest BCUT2D eigenvalue weighted by atomic mass is 16.1. The van der Waals surface area contributed by atoms with Crippen molar-refractivity contribution in [2.24, 2.45) is 4.99 Å². The Balaban J connectivity index is 1.95. The van der Waals surface area contributed by atoms with Crippen LogP contribution in [0.15, 0.2) is 23.2 Å². The number of hydrogen-bond donors (Lipinski definition) is 2. The molecule has 22 heavy (non-hydrogen) atoms. The fourth-order valence-electron chi connectivity index (χ4n) is 2.65. The van der Waals surface area contributed by atoms with Gasteiger partial charge in [0.05, 0.1) is 11.3 Å². The molecule has 1 fully saturated rings. The number of nitrogens with zero attached hydrogens (tertiary/aromatic N) is 4. The maximum atomic E-state index is 12.5. The third kappa shape index (κ3) is 2.91. The quantitative estimate of drug-likeness (QED) is 0.656. The van der Waals surface area contributed by atoms with E-state index in [9.17, 15) is 9.59 Å². The summed E-state index contributed by atoms with van der Waals surface area (Å²) < 4.78 is 0. The number of amides is 1. The van der Waals surface area contributed by atoms with Crippen LogP contribution < -0.4 is 5.32 Å². The molecule has 1 saturated carbocycles. The molecule has 1 aromatic carbocycles. The Kier molecular flexibility index (Phi) is 4.02. The van der Waals surface area contributed by atoms with Crippen LogP contribution in [-0.2, 0) is 4.79 Å². The normalized spacial score (nSPS) is 14.5. The highest BCUT2D eigenvalue weighted by Crippen LogP contribution is 2.26. The molecule has 112 valence electrons. The number of carbonyl (C=O) groups is 1. The van der Waals surface area contributed by atoms with Crippen LogP contribution in [0, 0.1) is 0 Å². The summed E-state index contributed by atoms with van der Waals surface area (Å²) in [5.74, 6) is 0.0906. The van der Waals surface area contributed by atoms with Gasteiger partial charge >= 0.3 is 0 Å². The number of H-pyrrole nitrogens is 1. The predicted molar refractivity (Wildman–Crippen MR) is 77.1 cm³/mol. The minimum Gasteiger partial charge on any atom is -0.349 e. The lowest BCUT2D eigenvalue weighted by Gasteiger charge is -2.13. The second-order valence-electron chi connectivity index (χ2n) is 5.12. The minimum atomic E-state index is -0.187. The lowest BCUT2D eigenvalue weighted by atomic mass is 10.0. The molecule has 0 saturated heterocycles. The Morgan fingerprint density at radius 2 is 2.18 bits per heavy atom. The van der Waals surface area contributed by atoms with Gasteiger partial charge in [0.2, 0.25) is 11.9 Å². The number of isocyanates is 1. The summed E-state index contributed by atoms with van der Waals surface area (Å²) in [6, 6.07) is 4.96. The topological polar surface area (TPSA) is 113 Å². The lowest BCUT2D eigenvalue weighted by Crippen LogP contribution is -2.32. The molecule has 0 bridgehead atoms. The highest BCUT2D eigenvalue weighted by molar-refractivity contribution is 6.00. The van der Waals surface area contributed by atoms with Gasteiger partial charge in [0, 0.05) is 11.6 Å². The summed E-state index contributed by atoms with van der Waals surface area (Å²) in [6.45, 7) is 0. The fourth-order valence-corrected chi connectivity index (χ4v) is 2.65. The summed E-state index contributed by atoms with van der Waals surface area (Å²) in [5.41, 5.74) is 1.28. The number of aromatic amines is 1. The Labute approximate surface area is 126 Å². The van der Waals surface area contributed by atoms with Crippen LogP contribution >= 0.6 is 0 Å². The second kappa shape index (κ2) is 6.28. The van der Waals surface area contributed by atoms with Crippen molar-refractivity contribution in [1.29, 1.82) is 0 Å². The molecule has 1 aliphatic carbocycles. The molecule has 2 aromatic rings. The fraction of sp³-hybridized carbons (Fsp3) is 0.357. The number of benzene rings is 1. The van der Waals surface area contributed by atoms with E-state index in [1.807, 2.05) is 0 Å². The van der Waals surface area contributed by atoms with E-state index in [1.54, 1.807) is 18.2 Å². The van der Waals surface area contributed by atoms with E-state index in [-0.39, 0.29) is 17.8 Å². The molecule has 2 N–H and O–H groups in total. The van der Waals surface area contributed by atoms with E-state index in [0.29, 0.717) is 16.8 Å². The number of aliphatic imine (C=N–C) groups is 1. The van der Waals surface area contributed by atoms with Crippen molar-refractivity contribution in [2.45, 2.75) is 31.7 Å². The Morgan fingerprint density at radius 1 is 1.36 bits per heavy atom. The van der Waals surface area contributed by atoms with Crippen LogP contribution in [0.3, 0.4) is 0 Å². The number of aromatic nitrogens is 4. The van der Waals surface area contributed by atoms with Crippen molar-refractivity contribution in [3.05, 3.63) is 23.8 Å². The van der Waals surface area contributed by atoms with Gasteiger partial charge in [0.15, 0.2) is 0 Å².